The summed E-state index contributed by atoms with van der Waals surface area (Å²) in [5.74, 6) is 0.901. The first-order chi connectivity index (χ1) is 11.9. The first-order valence-electron chi connectivity index (χ1n) is 8.57. The Balaban J connectivity index is 2.06. The predicted octanol–water partition coefficient (Wildman–Crippen LogP) is 2.86. The number of aromatic nitrogens is 1. The van der Waals surface area contributed by atoms with Crippen LogP contribution in [0.1, 0.15) is 36.4 Å². The van der Waals surface area contributed by atoms with Crippen molar-refractivity contribution in [3.8, 4) is 0 Å². The zero-order valence-corrected chi connectivity index (χ0v) is 15.5. The minimum absolute atomic E-state index is 0.558. The van der Waals surface area contributed by atoms with Gasteiger partial charge in [-0.2, -0.15) is 0 Å². The Labute approximate surface area is 149 Å². The lowest BCUT2D eigenvalue weighted by atomic mass is 10.0. The average molecular weight is 337 g/mol. The lowest BCUT2D eigenvalue weighted by Crippen LogP contribution is -2.56. The van der Waals surface area contributed by atoms with Crippen LogP contribution in [0.3, 0.4) is 0 Å². The number of aryl methyl sites for hydroxylation is 1. The summed E-state index contributed by atoms with van der Waals surface area (Å²) in [5, 5.41) is 0. The Bertz CT molecular complexity index is 842. The topological polar surface area (TPSA) is 72.6 Å². The van der Waals surface area contributed by atoms with Crippen LogP contribution in [0.15, 0.2) is 41.4 Å². The predicted molar refractivity (Wildman–Crippen MR) is 106 cm³/mol. The fraction of sp³-hybridized carbons (Fsp3) is 0.350. The molecule has 0 amide bonds. The van der Waals surface area contributed by atoms with E-state index >= 15 is 0 Å². The molecule has 1 aliphatic heterocycles. The van der Waals surface area contributed by atoms with Gasteiger partial charge in [0, 0.05) is 25.8 Å². The summed E-state index contributed by atoms with van der Waals surface area (Å²) in [6, 6.07) is 10.6. The van der Waals surface area contributed by atoms with Crippen molar-refractivity contribution >= 4 is 17.6 Å². The first-order valence-corrected chi connectivity index (χ1v) is 8.57. The molecule has 0 bridgehead atoms. The number of anilines is 1. The first kappa shape index (κ1) is 17.5. The lowest BCUT2D eigenvalue weighted by Gasteiger charge is -2.40. The number of hydrogen-bond acceptors (Lipinski definition) is 3. The number of amidine groups is 1. The number of hydrogen-bond donors (Lipinski definition) is 2. The van der Waals surface area contributed by atoms with Crippen LogP contribution >= 0.6 is 0 Å². The Morgan fingerprint density at radius 2 is 1.96 bits per heavy atom. The van der Waals surface area contributed by atoms with Gasteiger partial charge in [-0.1, -0.05) is 24.3 Å². The van der Waals surface area contributed by atoms with Gasteiger partial charge in [-0.3, -0.25) is 4.99 Å². The standard InChI is InChI=1S/C20H27N5/c1-14-10-19-18(8-9-20(3,22)25(19)15(2)23-4)24(14)13-17-7-5-6-16(11-17)12-21/h5-11H,12-13,21-22H2,1-4H3. The van der Waals surface area contributed by atoms with Crippen molar-refractivity contribution in [3.05, 3.63) is 58.9 Å². The molecule has 1 aromatic carbocycles. The maximum absolute atomic E-state index is 6.50. The van der Waals surface area contributed by atoms with E-state index in [4.69, 9.17) is 11.5 Å². The van der Waals surface area contributed by atoms with Crippen molar-refractivity contribution in [2.24, 2.45) is 16.5 Å². The van der Waals surface area contributed by atoms with Crippen molar-refractivity contribution in [2.45, 2.75) is 39.5 Å². The smallest absolute Gasteiger partial charge is 0.111 e. The van der Waals surface area contributed by atoms with Gasteiger partial charge in [0.1, 0.15) is 11.5 Å². The van der Waals surface area contributed by atoms with E-state index in [0.717, 1.165) is 29.3 Å². The van der Waals surface area contributed by atoms with Gasteiger partial charge < -0.3 is 20.9 Å². The average Bonchev–Trinajstić information content (AvgIpc) is 2.89. The van der Waals surface area contributed by atoms with E-state index in [-0.39, 0.29) is 0 Å². The van der Waals surface area contributed by atoms with Crippen LogP contribution in [0.4, 0.5) is 5.69 Å². The molecule has 0 radical (unpaired) electrons. The fourth-order valence-electron chi connectivity index (χ4n) is 3.48. The van der Waals surface area contributed by atoms with Crippen LogP contribution in [-0.4, -0.2) is 23.1 Å². The zero-order valence-electron chi connectivity index (χ0n) is 15.5. The molecular formula is C20H27N5. The molecule has 1 aromatic heterocycles. The summed E-state index contributed by atoms with van der Waals surface area (Å²) in [7, 11) is 1.80. The highest BCUT2D eigenvalue weighted by atomic mass is 15.3. The molecule has 1 aliphatic rings. The summed E-state index contributed by atoms with van der Waals surface area (Å²) in [6.45, 7) is 7.48. The van der Waals surface area contributed by atoms with E-state index in [2.05, 4.69) is 57.8 Å². The van der Waals surface area contributed by atoms with Gasteiger partial charge in [-0.25, -0.2) is 0 Å². The fourth-order valence-corrected chi connectivity index (χ4v) is 3.48. The highest BCUT2D eigenvalue weighted by molar-refractivity contribution is 6.00. The van der Waals surface area contributed by atoms with E-state index in [1.54, 1.807) is 7.05 Å². The molecule has 4 N–H and O–H groups in total. The minimum Gasteiger partial charge on any atom is -0.339 e. The van der Waals surface area contributed by atoms with Crippen molar-refractivity contribution in [1.82, 2.24) is 4.57 Å². The number of nitrogens with two attached hydrogens (primary N) is 2. The molecule has 3 rings (SSSR count). The second-order valence-electron chi connectivity index (χ2n) is 6.83. The van der Waals surface area contributed by atoms with E-state index in [1.807, 2.05) is 19.9 Å². The van der Waals surface area contributed by atoms with Crippen LogP contribution in [0.5, 0.6) is 0 Å². The Hall–Kier alpha value is -2.37. The van der Waals surface area contributed by atoms with Crippen LogP contribution in [0.2, 0.25) is 0 Å². The summed E-state index contributed by atoms with van der Waals surface area (Å²) in [6.07, 6.45) is 4.16. The largest absolute Gasteiger partial charge is 0.339 e. The van der Waals surface area contributed by atoms with Gasteiger partial charge >= 0.3 is 0 Å². The van der Waals surface area contributed by atoms with Gasteiger partial charge in [0.25, 0.3) is 0 Å². The maximum Gasteiger partial charge on any atom is 0.111 e. The van der Waals surface area contributed by atoms with Crippen molar-refractivity contribution < 1.29 is 0 Å². The van der Waals surface area contributed by atoms with Gasteiger partial charge in [-0.15, -0.1) is 0 Å². The SMILES string of the molecule is CN=C(C)N1c2cc(C)n(Cc3cccc(CN)c3)c2C=CC1(C)N. The van der Waals surface area contributed by atoms with Crippen LogP contribution in [0, 0.1) is 6.92 Å². The van der Waals surface area contributed by atoms with Crippen LogP contribution in [-0.2, 0) is 13.1 Å². The molecule has 1 atom stereocenters. The van der Waals surface area contributed by atoms with Crippen molar-refractivity contribution in [3.63, 3.8) is 0 Å². The normalized spacial score (nSPS) is 20.1. The third-order valence-corrected chi connectivity index (χ3v) is 4.84. The Kier molecular flexibility index (Phi) is 4.54. The molecular weight excluding hydrogens is 310 g/mol. The monoisotopic (exact) mass is 337 g/mol. The summed E-state index contributed by atoms with van der Waals surface area (Å²) >= 11 is 0. The molecule has 25 heavy (non-hydrogen) atoms. The molecule has 0 aliphatic carbocycles. The zero-order chi connectivity index (χ0) is 18.2. The highest BCUT2D eigenvalue weighted by Gasteiger charge is 2.33. The van der Waals surface area contributed by atoms with E-state index in [1.165, 1.54) is 11.3 Å². The third kappa shape index (κ3) is 3.13. The van der Waals surface area contributed by atoms with Gasteiger partial charge in [0.05, 0.1) is 11.4 Å². The van der Waals surface area contributed by atoms with Crippen molar-refractivity contribution in [2.75, 3.05) is 11.9 Å². The minimum atomic E-state index is -0.589. The number of rotatable bonds is 3. The third-order valence-electron chi connectivity index (χ3n) is 4.84. The number of aliphatic imine (C=N–C) groups is 1. The van der Waals surface area contributed by atoms with Gasteiger partial charge in [-0.05, 0) is 50.1 Å². The summed E-state index contributed by atoms with van der Waals surface area (Å²) in [5.41, 5.74) is 17.5. The van der Waals surface area contributed by atoms with Crippen molar-refractivity contribution in [1.29, 1.82) is 0 Å². The Morgan fingerprint density at radius 1 is 1.24 bits per heavy atom. The van der Waals surface area contributed by atoms with E-state index in [0.29, 0.717) is 6.54 Å². The number of nitrogens with zero attached hydrogens (tertiary/aromatic N) is 3. The molecule has 0 fully saturated rings. The molecule has 1 unspecified atom stereocenters. The summed E-state index contributed by atoms with van der Waals surface area (Å²) < 4.78 is 2.31. The lowest BCUT2D eigenvalue weighted by molar-refractivity contribution is 0.600. The molecule has 0 saturated carbocycles. The summed E-state index contributed by atoms with van der Waals surface area (Å²) in [4.78, 5) is 6.46. The Morgan fingerprint density at radius 3 is 2.64 bits per heavy atom. The van der Waals surface area contributed by atoms with Crippen LogP contribution in [0.25, 0.3) is 6.08 Å². The molecule has 132 valence electrons. The molecule has 2 aromatic rings. The van der Waals surface area contributed by atoms with E-state index < -0.39 is 5.66 Å². The highest BCUT2D eigenvalue weighted by Crippen LogP contribution is 2.35. The number of fused-ring (bicyclic) bond motifs is 1. The molecule has 2 heterocycles. The second kappa shape index (κ2) is 6.50. The quantitative estimate of drug-likeness (QED) is 0.668. The van der Waals surface area contributed by atoms with Gasteiger partial charge in [0.15, 0.2) is 0 Å². The van der Waals surface area contributed by atoms with Gasteiger partial charge in [0.2, 0.25) is 0 Å². The molecule has 5 heteroatoms. The van der Waals surface area contributed by atoms with Crippen LogP contribution < -0.4 is 16.4 Å². The molecule has 0 spiro atoms. The second-order valence-corrected chi connectivity index (χ2v) is 6.83. The number of benzene rings is 1. The molecule has 0 saturated heterocycles. The maximum atomic E-state index is 6.50. The van der Waals surface area contributed by atoms with E-state index in [9.17, 15) is 0 Å². The molecule has 5 nitrogen and oxygen atoms in total.